The molecule has 0 spiro atoms. The number of carbonyl (C=O) groups excluding carboxylic acids is 2. The minimum absolute atomic E-state index is 0.301. The summed E-state index contributed by atoms with van der Waals surface area (Å²) in [4.78, 5) is 25.7. The Kier molecular flexibility index (Phi) is 16.4. The molecule has 10 heteroatoms. The number of aromatic nitrogens is 1. The lowest BCUT2D eigenvalue weighted by Gasteiger charge is -2.11. The predicted octanol–water partition coefficient (Wildman–Crippen LogP) is 11.4. The summed E-state index contributed by atoms with van der Waals surface area (Å²) < 4.78 is 39.4. The van der Waals surface area contributed by atoms with E-state index in [0.29, 0.717) is 58.8 Å². The van der Waals surface area contributed by atoms with Crippen LogP contribution in [0, 0.1) is 0 Å². The van der Waals surface area contributed by atoms with Crippen molar-refractivity contribution in [2.75, 3.05) is 27.4 Å². The highest BCUT2D eigenvalue weighted by Crippen LogP contribution is 2.31. The van der Waals surface area contributed by atoms with E-state index in [2.05, 4.69) is 19.0 Å². The van der Waals surface area contributed by atoms with Crippen molar-refractivity contribution in [1.82, 2.24) is 5.16 Å². The van der Waals surface area contributed by atoms with E-state index in [1.165, 1.54) is 39.9 Å². The van der Waals surface area contributed by atoms with Crippen LogP contribution in [0.4, 0.5) is 0 Å². The Hall–Kier alpha value is -6.29. The molecule has 5 rings (SSSR count). The smallest absolute Gasteiger partial charge is 0.343 e. The Morgan fingerprint density at radius 3 is 1.47 bits per heavy atom. The first-order chi connectivity index (χ1) is 27.9. The van der Waals surface area contributed by atoms with E-state index in [-0.39, 0.29) is 0 Å². The molecule has 57 heavy (non-hydrogen) atoms. The lowest BCUT2D eigenvalue weighted by Crippen LogP contribution is -2.09. The van der Waals surface area contributed by atoms with Crippen LogP contribution < -0.4 is 28.4 Å². The highest BCUT2D eigenvalue weighted by Gasteiger charge is 2.15. The fourth-order valence-electron chi connectivity index (χ4n) is 5.70. The van der Waals surface area contributed by atoms with E-state index < -0.39 is 11.9 Å². The average molecular weight is 774 g/mol. The zero-order chi connectivity index (χ0) is 40.2. The number of hydrogen-bond donors (Lipinski definition) is 0. The van der Waals surface area contributed by atoms with Gasteiger partial charge in [0.2, 0.25) is 0 Å². The Bertz CT molecular complexity index is 1930. The van der Waals surface area contributed by atoms with Crippen LogP contribution in [0.1, 0.15) is 109 Å². The first-order valence-electron chi connectivity index (χ1n) is 19.5. The van der Waals surface area contributed by atoms with E-state index in [1.807, 2.05) is 24.3 Å². The van der Waals surface area contributed by atoms with Gasteiger partial charge in [-0.05, 0) is 109 Å². The van der Waals surface area contributed by atoms with Crippen LogP contribution in [-0.2, 0) is 0 Å². The summed E-state index contributed by atoms with van der Waals surface area (Å²) in [5.41, 5.74) is 3.02. The molecule has 0 amide bonds. The first-order valence-corrected chi connectivity index (χ1v) is 19.5. The van der Waals surface area contributed by atoms with Crippen molar-refractivity contribution in [3.05, 3.63) is 125 Å². The van der Waals surface area contributed by atoms with Crippen LogP contribution in [0.15, 0.2) is 95.5 Å². The molecular weight excluding hydrogens is 723 g/mol. The van der Waals surface area contributed by atoms with E-state index >= 15 is 0 Å². The Morgan fingerprint density at radius 2 is 1.02 bits per heavy atom. The zero-order valence-electron chi connectivity index (χ0n) is 33.2. The molecule has 0 fully saturated rings. The number of rotatable bonds is 22. The molecule has 0 saturated carbocycles. The second-order valence-corrected chi connectivity index (χ2v) is 13.3. The van der Waals surface area contributed by atoms with Crippen LogP contribution in [0.3, 0.4) is 0 Å². The van der Waals surface area contributed by atoms with Crippen LogP contribution in [0.2, 0.25) is 0 Å². The predicted molar refractivity (Wildman–Crippen MR) is 222 cm³/mol. The molecule has 0 aliphatic carbocycles. The summed E-state index contributed by atoms with van der Waals surface area (Å²) in [6.07, 6.45) is 16.3. The van der Waals surface area contributed by atoms with Gasteiger partial charge in [0, 0.05) is 6.07 Å². The third-order valence-electron chi connectivity index (χ3n) is 8.93. The second kappa shape index (κ2) is 22.3. The van der Waals surface area contributed by atoms with Crippen LogP contribution in [0.5, 0.6) is 34.5 Å². The number of esters is 2. The van der Waals surface area contributed by atoms with Crippen molar-refractivity contribution >= 4 is 36.2 Å². The molecule has 5 aromatic rings. The van der Waals surface area contributed by atoms with E-state index in [9.17, 15) is 9.59 Å². The van der Waals surface area contributed by atoms with Gasteiger partial charge in [0.05, 0.1) is 38.6 Å². The Labute approximate surface area is 335 Å². The summed E-state index contributed by atoms with van der Waals surface area (Å²) in [5.74, 6) is 2.39. The van der Waals surface area contributed by atoms with Gasteiger partial charge in [0.15, 0.2) is 28.8 Å². The molecule has 298 valence electrons. The quantitative estimate of drug-likeness (QED) is 0.0382. The first kappa shape index (κ1) is 41.9. The summed E-state index contributed by atoms with van der Waals surface area (Å²) in [6, 6.07) is 26.2. The molecule has 0 N–H and O–H groups in total. The van der Waals surface area contributed by atoms with Gasteiger partial charge in [-0.2, -0.15) is 0 Å². The van der Waals surface area contributed by atoms with Gasteiger partial charge >= 0.3 is 11.9 Å². The van der Waals surface area contributed by atoms with Crippen molar-refractivity contribution in [2.24, 2.45) is 0 Å². The number of unbranched alkanes of at least 4 members (excludes halogenated alkanes) is 6. The molecule has 0 aliphatic rings. The topological polar surface area (TPSA) is 116 Å². The molecule has 0 aliphatic heterocycles. The van der Waals surface area contributed by atoms with E-state index in [0.717, 1.165) is 48.3 Å². The van der Waals surface area contributed by atoms with E-state index in [4.69, 9.17) is 32.9 Å². The Balaban J connectivity index is 1.12. The van der Waals surface area contributed by atoms with Crippen molar-refractivity contribution < 1.29 is 42.5 Å². The largest absolute Gasteiger partial charge is 0.494 e. The molecule has 1 aromatic heterocycles. The third-order valence-corrected chi connectivity index (χ3v) is 8.93. The number of carbonyl (C=O) groups is 2. The number of ether oxygens (including phenoxy) is 6. The minimum Gasteiger partial charge on any atom is -0.494 e. The zero-order valence-corrected chi connectivity index (χ0v) is 33.2. The van der Waals surface area contributed by atoms with Crippen molar-refractivity contribution in [3.8, 4) is 34.5 Å². The van der Waals surface area contributed by atoms with Crippen molar-refractivity contribution in [1.29, 1.82) is 0 Å². The number of methoxy groups -OCH3 is 2. The molecular formula is C47H51NO9. The maximum Gasteiger partial charge on any atom is 0.343 e. The summed E-state index contributed by atoms with van der Waals surface area (Å²) >= 11 is 0. The molecule has 1 heterocycles. The van der Waals surface area contributed by atoms with Gasteiger partial charge < -0.3 is 32.9 Å². The maximum absolute atomic E-state index is 12.9. The lowest BCUT2D eigenvalue weighted by molar-refractivity contribution is 0.0720. The van der Waals surface area contributed by atoms with Gasteiger partial charge in [-0.15, -0.1) is 0 Å². The Morgan fingerprint density at radius 1 is 0.544 bits per heavy atom. The van der Waals surface area contributed by atoms with Gasteiger partial charge in [-0.3, -0.25) is 0 Å². The maximum atomic E-state index is 12.9. The van der Waals surface area contributed by atoms with Crippen LogP contribution in [0.25, 0.3) is 24.3 Å². The second-order valence-electron chi connectivity index (χ2n) is 13.3. The summed E-state index contributed by atoms with van der Waals surface area (Å²) in [5, 5.41) is 4.14. The lowest BCUT2D eigenvalue weighted by atomic mass is 10.1. The highest BCUT2D eigenvalue weighted by atomic mass is 16.6. The SMILES string of the molecule is CCCCCCOc1ccc(C(=O)Oc2ccc(/C=C\c3cc(/C=C/c4ccc(OC(=O)c5ccc(OCCCCCC)cc5)c(OC)c4)on3)cc2OC)cc1. The monoisotopic (exact) mass is 773 g/mol. The summed E-state index contributed by atoms with van der Waals surface area (Å²) in [7, 11) is 3.04. The number of nitrogens with zero attached hydrogens (tertiary/aromatic N) is 1. The van der Waals surface area contributed by atoms with Crippen molar-refractivity contribution in [2.45, 2.75) is 65.2 Å². The van der Waals surface area contributed by atoms with Gasteiger partial charge in [0.1, 0.15) is 17.2 Å². The molecule has 4 aromatic carbocycles. The average Bonchev–Trinajstić information content (AvgIpc) is 3.71. The molecule has 0 saturated heterocycles. The summed E-state index contributed by atoms with van der Waals surface area (Å²) in [6.45, 7) is 5.65. The fraction of sp³-hybridized carbons (Fsp3) is 0.298. The van der Waals surface area contributed by atoms with Gasteiger partial charge in [-0.1, -0.05) is 81.8 Å². The highest BCUT2D eigenvalue weighted by molar-refractivity contribution is 5.92. The van der Waals surface area contributed by atoms with E-state index in [1.54, 1.807) is 91.0 Å². The molecule has 0 atom stereocenters. The molecule has 10 nitrogen and oxygen atoms in total. The fourth-order valence-corrected chi connectivity index (χ4v) is 5.70. The van der Waals surface area contributed by atoms with Gasteiger partial charge in [0.25, 0.3) is 0 Å². The van der Waals surface area contributed by atoms with Crippen LogP contribution >= 0.6 is 0 Å². The normalized spacial score (nSPS) is 11.2. The standard InChI is InChI=1S/C47H51NO9/c1-5-7-9-11-29-53-39-23-17-36(18-24-39)46(49)55-42-27-15-34(31-44(42)51-3)13-21-38-33-41(57-48-38)22-14-35-16-28-43(45(32-35)52-4)56-47(50)37-19-25-40(26-20-37)54-30-12-10-8-6-2/h13-28,31-33H,5-12,29-30H2,1-4H3/b21-13-,22-14+. The third kappa shape index (κ3) is 13.2. The molecule has 0 bridgehead atoms. The number of hydrogen-bond acceptors (Lipinski definition) is 10. The molecule has 0 unspecified atom stereocenters. The number of benzene rings is 4. The van der Waals surface area contributed by atoms with Gasteiger partial charge in [-0.25, -0.2) is 9.59 Å². The van der Waals surface area contributed by atoms with Crippen molar-refractivity contribution in [3.63, 3.8) is 0 Å². The molecule has 0 radical (unpaired) electrons. The van der Waals surface area contributed by atoms with Crippen LogP contribution in [-0.4, -0.2) is 44.5 Å². The minimum atomic E-state index is -0.498.